The second-order valence-electron chi connectivity index (χ2n) is 3.44. The zero-order valence-electron chi connectivity index (χ0n) is 9.58. The molecule has 0 aliphatic rings. The maximum Gasteiger partial charge on any atom is 0.359 e. The smallest absolute Gasteiger partial charge is 0.359 e. The van der Waals surface area contributed by atoms with Gasteiger partial charge in [0, 0.05) is 18.8 Å². The third-order valence-corrected chi connectivity index (χ3v) is 2.05. The minimum Gasteiger partial charge on any atom is -0.481 e. The normalized spacial score (nSPS) is 12.2. The maximum atomic E-state index is 11.5. The quantitative estimate of drug-likeness (QED) is 0.710. The van der Waals surface area contributed by atoms with Crippen LogP contribution in [0.25, 0.3) is 0 Å². The fourth-order valence-corrected chi connectivity index (χ4v) is 1.38. The van der Waals surface area contributed by atoms with Crippen LogP contribution in [0, 0.1) is 0 Å². The lowest BCUT2D eigenvalue weighted by Gasteiger charge is -2.07. The van der Waals surface area contributed by atoms with Gasteiger partial charge in [-0.1, -0.05) is 0 Å². The molecule has 7 heteroatoms. The Kier molecular flexibility index (Phi) is 4.22. The number of ether oxygens (including phenoxy) is 1. The molecule has 0 aromatic carbocycles. The average Bonchev–Trinajstić information content (AvgIpc) is 2.60. The Morgan fingerprint density at radius 1 is 1.59 bits per heavy atom. The highest BCUT2D eigenvalue weighted by molar-refractivity contribution is 5.89. The van der Waals surface area contributed by atoms with Gasteiger partial charge in [-0.05, 0) is 6.92 Å². The van der Waals surface area contributed by atoms with Crippen molar-refractivity contribution in [1.29, 1.82) is 0 Å². The molecular formula is C10H14N2O5. The highest BCUT2D eigenvalue weighted by atomic mass is 16.5. The first-order chi connectivity index (χ1) is 7.95. The molecule has 1 atom stereocenters. The predicted molar refractivity (Wildman–Crippen MR) is 56.4 cm³/mol. The number of esters is 1. The van der Waals surface area contributed by atoms with Gasteiger partial charge >= 0.3 is 11.9 Å². The highest BCUT2D eigenvalue weighted by Gasteiger charge is 2.24. The largest absolute Gasteiger partial charge is 0.481 e. The van der Waals surface area contributed by atoms with Gasteiger partial charge in [-0.15, -0.1) is 0 Å². The molecule has 0 spiro atoms. The van der Waals surface area contributed by atoms with E-state index in [0.29, 0.717) is 0 Å². The van der Waals surface area contributed by atoms with E-state index >= 15 is 0 Å². The number of carbonyl (C=O) groups is 2. The number of hydrogen-bond donors (Lipinski definition) is 2. The van der Waals surface area contributed by atoms with Gasteiger partial charge in [-0.25, -0.2) is 4.79 Å². The van der Waals surface area contributed by atoms with Crippen molar-refractivity contribution in [2.45, 2.75) is 19.4 Å². The monoisotopic (exact) mass is 242 g/mol. The van der Waals surface area contributed by atoms with Gasteiger partial charge in [0.1, 0.15) is 0 Å². The summed E-state index contributed by atoms with van der Waals surface area (Å²) in [5.41, 5.74) is 0.108. The van der Waals surface area contributed by atoms with Crippen LogP contribution in [-0.4, -0.2) is 38.5 Å². The van der Waals surface area contributed by atoms with E-state index in [1.54, 1.807) is 14.0 Å². The molecule has 0 fully saturated rings. The van der Waals surface area contributed by atoms with Gasteiger partial charge in [0.2, 0.25) is 0 Å². The molecule has 0 saturated heterocycles. The first kappa shape index (κ1) is 13.2. The van der Waals surface area contributed by atoms with Gasteiger partial charge in [-0.3, -0.25) is 9.48 Å². The number of aliphatic hydroxyl groups is 1. The molecule has 1 heterocycles. The number of aliphatic hydroxyl groups excluding tert-OH is 1. The molecule has 1 aromatic heterocycles. The summed E-state index contributed by atoms with van der Waals surface area (Å²) in [4.78, 5) is 22.0. The molecular weight excluding hydrogens is 228 g/mol. The summed E-state index contributed by atoms with van der Waals surface area (Å²) in [5, 5.41) is 22.1. The van der Waals surface area contributed by atoms with E-state index in [1.165, 1.54) is 10.9 Å². The molecule has 0 unspecified atom stereocenters. The Morgan fingerprint density at radius 2 is 2.24 bits per heavy atom. The number of hydrogen-bond acceptors (Lipinski definition) is 5. The Balaban J connectivity index is 2.98. The summed E-state index contributed by atoms with van der Waals surface area (Å²) in [7, 11) is 1.57. The Labute approximate surface area is 97.6 Å². The van der Waals surface area contributed by atoms with E-state index in [1.807, 2.05) is 0 Å². The van der Waals surface area contributed by atoms with Crippen molar-refractivity contribution in [3.05, 3.63) is 17.5 Å². The van der Waals surface area contributed by atoms with Crippen LogP contribution in [0.1, 0.15) is 35.5 Å². The third-order valence-electron chi connectivity index (χ3n) is 2.05. The average molecular weight is 242 g/mol. The summed E-state index contributed by atoms with van der Waals surface area (Å²) in [6.45, 7) is 1.83. The second kappa shape index (κ2) is 5.44. The van der Waals surface area contributed by atoms with Crippen molar-refractivity contribution >= 4 is 11.9 Å². The molecule has 0 aliphatic heterocycles. The van der Waals surface area contributed by atoms with Crippen molar-refractivity contribution in [1.82, 2.24) is 9.78 Å². The first-order valence-corrected chi connectivity index (χ1v) is 5.06. The van der Waals surface area contributed by atoms with Crippen LogP contribution in [0.3, 0.4) is 0 Å². The van der Waals surface area contributed by atoms with Gasteiger partial charge < -0.3 is 14.9 Å². The SMILES string of the molecule is CCOC(=O)c1nn(C)cc1[C@H](O)CC(=O)O. The molecule has 0 amide bonds. The van der Waals surface area contributed by atoms with E-state index in [-0.39, 0.29) is 17.9 Å². The van der Waals surface area contributed by atoms with E-state index in [2.05, 4.69) is 5.10 Å². The van der Waals surface area contributed by atoms with Crippen molar-refractivity contribution in [3.8, 4) is 0 Å². The predicted octanol–water partition coefficient (Wildman–Crippen LogP) is 0.105. The number of aliphatic carboxylic acids is 1. The lowest BCUT2D eigenvalue weighted by atomic mass is 10.1. The minimum atomic E-state index is -1.28. The zero-order chi connectivity index (χ0) is 13.0. The lowest BCUT2D eigenvalue weighted by Crippen LogP contribution is -2.12. The fourth-order valence-electron chi connectivity index (χ4n) is 1.38. The van der Waals surface area contributed by atoms with E-state index in [9.17, 15) is 14.7 Å². The van der Waals surface area contributed by atoms with Gasteiger partial charge in [0.15, 0.2) is 5.69 Å². The summed E-state index contributed by atoms with van der Waals surface area (Å²) >= 11 is 0. The molecule has 1 aromatic rings. The Hall–Kier alpha value is -1.89. The molecule has 17 heavy (non-hydrogen) atoms. The molecule has 0 aliphatic carbocycles. The molecule has 94 valence electrons. The highest BCUT2D eigenvalue weighted by Crippen LogP contribution is 2.20. The van der Waals surface area contributed by atoms with Crippen LogP contribution in [0.15, 0.2) is 6.20 Å². The topological polar surface area (TPSA) is 102 Å². The Morgan fingerprint density at radius 3 is 2.76 bits per heavy atom. The van der Waals surface area contributed by atoms with Gasteiger partial charge in [-0.2, -0.15) is 5.10 Å². The van der Waals surface area contributed by atoms with Crippen LogP contribution in [0.4, 0.5) is 0 Å². The van der Waals surface area contributed by atoms with Gasteiger partial charge in [0.05, 0.1) is 19.1 Å². The van der Waals surface area contributed by atoms with Crippen molar-refractivity contribution in [2.75, 3.05) is 6.61 Å². The summed E-state index contributed by atoms with van der Waals surface area (Å²) in [6.07, 6.45) is -0.363. The van der Waals surface area contributed by atoms with Crippen LogP contribution < -0.4 is 0 Å². The summed E-state index contributed by atoms with van der Waals surface area (Å²) < 4.78 is 6.09. The zero-order valence-corrected chi connectivity index (χ0v) is 9.58. The van der Waals surface area contributed by atoms with Crippen molar-refractivity contribution in [3.63, 3.8) is 0 Å². The number of aryl methyl sites for hydroxylation is 1. The molecule has 0 radical (unpaired) electrons. The number of carboxylic acids is 1. The third kappa shape index (κ3) is 3.28. The first-order valence-electron chi connectivity index (χ1n) is 5.06. The molecule has 1 rings (SSSR count). The fraction of sp³-hybridized carbons (Fsp3) is 0.500. The van der Waals surface area contributed by atoms with Crippen LogP contribution in [-0.2, 0) is 16.6 Å². The van der Waals surface area contributed by atoms with Crippen LogP contribution in [0.5, 0.6) is 0 Å². The number of carboxylic acid groups (broad SMARTS) is 1. The van der Waals surface area contributed by atoms with E-state index in [4.69, 9.17) is 9.84 Å². The molecule has 2 N–H and O–H groups in total. The van der Waals surface area contributed by atoms with E-state index in [0.717, 1.165) is 0 Å². The lowest BCUT2D eigenvalue weighted by molar-refractivity contribution is -0.139. The number of aromatic nitrogens is 2. The van der Waals surface area contributed by atoms with Crippen molar-refractivity contribution < 1.29 is 24.5 Å². The maximum absolute atomic E-state index is 11.5. The number of nitrogens with zero attached hydrogens (tertiary/aromatic N) is 2. The minimum absolute atomic E-state index is 0.0527. The summed E-state index contributed by atoms with van der Waals surface area (Å²) in [6, 6.07) is 0. The standard InChI is InChI=1S/C10H14N2O5/c1-3-17-10(16)9-6(5-12(2)11-9)7(13)4-8(14)15/h5,7,13H,3-4H2,1-2H3,(H,14,15)/t7-/m1/s1. The molecule has 7 nitrogen and oxygen atoms in total. The number of carbonyl (C=O) groups excluding carboxylic acids is 1. The molecule has 0 bridgehead atoms. The van der Waals surface area contributed by atoms with E-state index < -0.39 is 24.5 Å². The summed E-state index contributed by atoms with van der Waals surface area (Å²) in [5.74, 6) is -1.83. The molecule has 0 saturated carbocycles. The van der Waals surface area contributed by atoms with Crippen LogP contribution in [0.2, 0.25) is 0 Å². The second-order valence-corrected chi connectivity index (χ2v) is 3.44. The van der Waals surface area contributed by atoms with Crippen molar-refractivity contribution in [2.24, 2.45) is 7.05 Å². The van der Waals surface area contributed by atoms with Gasteiger partial charge in [0.25, 0.3) is 0 Å². The van der Waals surface area contributed by atoms with Crippen LogP contribution >= 0.6 is 0 Å². The Bertz CT molecular complexity index is 426. The number of rotatable bonds is 5.